The Kier molecular flexibility index (Phi) is 4.68. The summed E-state index contributed by atoms with van der Waals surface area (Å²) in [6.07, 6.45) is 7.15. The van der Waals surface area contributed by atoms with E-state index in [0.717, 1.165) is 18.4 Å². The van der Waals surface area contributed by atoms with Crippen LogP contribution in [0.1, 0.15) is 40.0 Å². The molecule has 112 valence electrons. The molecular formula is C16H24O4. The van der Waals surface area contributed by atoms with Crippen molar-refractivity contribution in [1.82, 2.24) is 0 Å². The van der Waals surface area contributed by atoms with Crippen molar-refractivity contribution in [2.75, 3.05) is 0 Å². The molecule has 2 aliphatic heterocycles. The first kappa shape index (κ1) is 15.3. The maximum atomic E-state index is 10.1. The molecule has 4 heteroatoms. The van der Waals surface area contributed by atoms with Crippen LogP contribution in [0.4, 0.5) is 0 Å². The standard InChI is InChI=1S/C16H24O4/c1-11(2)8-6-5-7-9-12(17)13-10-14-15(18-13)20-16(3,4)19-14/h6,8,10,12,14-15,17H,1,5,7,9H2,2-4H3/b8-6+/t12?,14-,15-/m1/s1. The molecule has 20 heavy (non-hydrogen) atoms. The molecular weight excluding hydrogens is 256 g/mol. The molecule has 0 aliphatic carbocycles. The second-order valence-corrected chi connectivity index (χ2v) is 5.85. The van der Waals surface area contributed by atoms with Gasteiger partial charge in [-0.3, -0.25) is 0 Å². The smallest absolute Gasteiger partial charge is 0.232 e. The minimum atomic E-state index is -0.615. The average Bonchev–Trinajstić information content (AvgIpc) is 2.81. The van der Waals surface area contributed by atoms with Crippen molar-refractivity contribution in [2.24, 2.45) is 0 Å². The highest BCUT2D eigenvalue weighted by molar-refractivity contribution is 5.13. The zero-order valence-electron chi connectivity index (χ0n) is 12.5. The van der Waals surface area contributed by atoms with Gasteiger partial charge in [-0.25, -0.2) is 0 Å². The fraction of sp³-hybridized carbons (Fsp3) is 0.625. The van der Waals surface area contributed by atoms with Crippen LogP contribution in [0.3, 0.4) is 0 Å². The van der Waals surface area contributed by atoms with Crippen molar-refractivity contribution in [3.63, 3.8) is 0 Å². The Morgan fingerprint density at radius 3 is 2.90 bits per heavy atom. The Balaban J connectivity index is 1.75. The molecule has 0 aromatic rings. The molecule has 4 nitrogen and oxygen atoms in total. The summed E-state index contributed by atoms with van der Waals surface area (Å²) in [5.74, 6) is -0.0465. The zero-order valence-corrected chi connectivity index (χ0v) is 12.5. The molecule has 2 heterocycles. The van der Waals surface area contributed by atoms with Crippen molar-refractivity contribution < 1.29 is 19.3 Å². The van der Waals surface area contributed by atoms with Crippen LogP contribution in [0.15, 0.2) is 36.1 Å². The Morgan fingerprint density at radius 1 is 1.50 bits per heavy atom. The van der Waals surface area contributed by atoms with Gasteiger partial charge >= 0.3 is 0 Å². The Labute approximate surface area is 120 Å². The topological polar surface area (TPSA) is 47.9 Å². The van der Waals surface area contributed by atoms with Crippen molar-refractivity contribution >= 4 is 0 Å². The van der Waals surface area contributed by atoms with Crippen molar-refractivity contribution in [2.45, 2.75) is 64.3 Å². The quantitative estimate of drug-likeness (QED) is 0.600. The van der Waals surface area contributed by atoms with Crippen molar-refractivity contribution in [3.05, 3.63) is 36.1 Å². The maximum Gasteiger partial charge on any atom is 0.232 e. The van der Waals surface area contributed by atoms with E-state index in [4.69, 9.17) is 14.2 Å². The number of aliphatic hydroxyl groups is 1. The van der Waals surface area contributed by atoms with Crippen LogP contribution < -0.4 is 0 Å². The molecule has 0 saturated carbocycles. The van der Waals surface area contributed by atoms with Crippen molar-refractivity contribution in [1.29, 1.82) is 0 Å². The van der Waals surface area contributed by atoms with E-state index in [-0.39, 0.29) is 6.10 Å². The third-order valence-corrected chi connectivity index (χ3v) is 3.25. The zero-order chi connectivity index (χ0) is 14.8. The molecule has 1 N–H and O–H groups in total. The van der Waals surface area contributed by atoms with Crippen LogP contribution in [-0.4, -0.2) is 29.4 Å². The van der Waals surface area contributed by atoms with Crippen LogP contribution in [-0.2, 0) is 14.2 Å². The normalized spacial score (nSPS) is 29.1. The second-order valence-electron chi connectivity index (χ2n) is 5.85. The number of allylic oxidation sites excluding steroid dienone is 3. The van der Waals surface area contributed by atoms with Crippen LogP contribution in [0, 0.1) is 0 Å². The van der Waals surface area contributed by atoms with Gasteiger partial charge < -0.3 is 19.3 Å². The van der Waals surface area contributed by atoms with Gasteiger partial charge in [0.05, 0.1) is 0 Å². The van der Waals surface area contributed by atoms with E-state index in [1.807, 2.05) is 32.9 Å². The summed E-state index contributed by atoms with van der Waals surface area (Å²) in [6.45, 7) is 9.47. The first-order valence-corrected chi connectivity index (χ1v) is 7.11. The average molecular weight is 280 g/mol. The molecule has 2 aliphatic rings. The van der Waals surface area contributed by atoms with Gasteiger partial charge in [-0.1, -0.05) is 24.3 Å². The lowest BCUT2D eigenvalue weighted by Crippen LogP contribution is -2.23. The van der Waals surface area contributed by atoms with E-state index in [9.17, 15) is 5.11 Å². The van der Waals surface area contributed by atoms with Crippen LogP contribution >= 0.6 is 0 Å². The number of hydrogen-bond acceptors (Lipinski definition) is 4. The SMILES string of the molecule is C=C(C)/C=C/CCCC(O)C1=C[C@H]2OC(C)(C)O[C@H]2O1. The number of hydrogen-bond donors (Lipinski definition) is 1. The Hall–Kier alpha value is -1.10. The van der Waals surface area contributed by atoms with Gasteiger partial charge in [0, 0.05) is 0 Å². The molecule has 1 saturated heterocycles. The predicted molar refractivity (Wildman–Crippen MR) is 76.8 cm³/mol. The summed E-state index contributed by atoms with van der Waals surface area (Å²) >= 11 is 0. The highest BCUT2D eigenvalue weighted by Gasteiger charge is 2.46. The highest BCUT2D eigenvalue weighted by Crippen LogP contribution is 2.36. The number of fused-ring (bicyclic) bond motifs is 1. The molecule has 0 bridgehead atoms. The summed E-state index contributed by atoms with van der Waals surface area (Å²) < 4.78 is 16.9. The van der Waals surface area contributed by atoms with Gasteiger partial charge in [-0.15, -0.1) is 0 Å². The van der Waals surface area contributed by atoms with Gasteiger partial charge in [-0.05, 0) is 46.1 Å². The fourth-order valence-corrected chi connectivity index (χ4v) is 2.34. The maximum absolute atomic E-state index is 10.1. The minimum absolute atomic E-state index is 0.210. The van der Waals surface area contributed by atoms with Gasteiger partial charge in [-0.2, -0.15) is 0 Å². The molecule has 2 rings (SSSR count). The second kappa shape index (κ2) is 6.12. The molecule has 0 aromatic heterocycles. The number of ether oxygens (including phenoxy) is 3. The Bertz CT molecular complexity index is 422. The third-order valence-electron chi connectivity index (χ3n) is 3.25. The van der Waals surface area contributed by atoms with E-state index in [2.05, 4.69) is 12.7 Å². The molecule has 0 radical (unpaired) electrons. The van der Waals surface area contributed by atoms with Gasteiger partial charge in [0.1, 0.15) is 18.0 Å². The van der Waals surface area contributed by atoms with Gasteiger partial charge in [0.25, 0.3) is 0 Å². The summed E-state index contributed by atoms with van der Waals surface area (Å²) in [6, 6.07) is 0. The number of rotatable bonds is 6. The Morgan fingerprint density at radius 2 is 2.25 bits per heavy atom. The van der Waals surface area contributed by atoms with Gasteiger partial charge in [0.15, 0.2) is 5.79 Å². The number of aliphatic hydroxyl groups excluding tert-OH is 1. The van der Waals surface area contributed by atoms with Crippen LogP contribution in [0.5, 0.6) is 0 Å². The summed E-state index contributed by atoms with van der Waals surface area (Å²) in [5.41, 5.74) is 1.04. The summed E-state index contributed by atoms with van der Waals surface area (Å²) in [7, 11) is 0. The summed E-state index contributed by atoms with van der Waals surface area (Å²) in [4.78, 5) is 0. The highest BCUT2D eigenvalue weighted by atomic mass is 16.8. The molecule has 3 atom stereocenters. The van der Waals surface area contributed by atoms with E-state index in [1.165, 1.54) is 0 Å². The van der Waals surface area contributed by atoms with Gasteiger partial charge in [0.2, 0.25) is 6.29 Å². The lowest BCUT2D eigenvalue weighted by Gasteiger charge is -2.19. The number of unbranched alkanes of at least 4 members (excludes halogenated alkanes) is 1. The van der Waals surface area contributed by atoms with Crippen LogP contribution in [0.2, 0.25) is 0 Å². The third kappa shape index (κ3) is 3.95. The minimum Gasteiger partial charge on any atom is -0.463 e. The molecule has 0 spiro atoms. The monoisotopic (exact) mass is 280 g/mol. The van der Waals surface area contributed by atoms with E-state index >= 15 is 0 Å². The lowest BCUT2D eigenvalue weighted by atomic mass is 10.1. The van der Waals surface area contributed by atoms with E-state index in [1.54, 1.807) is 0 Å². The molecule has 1 fully saturated rings. The molecule has 1 unspecified atom stereocenters. The lowest BCUT2D eigenvalue weighted by molar-refractivity contribution is -0.184. The first-order chi connectivity index (χ1) is 9.37. The largest absolute Gasteiger partial charge is 0.463 e. The fourth-order valence-electron chi connectivity index (χ4n) is 2.34. The van der Waals surface area contributed by atoms with E-state index < -0.39 is 18.2 Å². The predicted octanol–water partition coefficient (Wildman–Crippen LogP) is 3.04. The summed E-state index contributed by atoms with van der Waals surface area (Å²) in [5, 5.41) is 10.1. The molecule has 0 amide bonds. The van der Waals surface area contributed by atoms with Crippen LogP contribution in [0.25, 0.3) is 0 Å². The first-order valence-electron chi connectivity index (χ1n) is 7.11. The molecule has 0 aromatic carbocycles. The van der Waals surface area contributed by atoms with Crippen molar-refractivity contribution in [3.8, 4) is 0 Å². The van der Waals surface area contributed by atoms with E-state index in [0.29, 0.717) is 12.2 Å².